The van der Waals surface area contributed by atoms with E-state index in [1.807, 2.05) is 63.4 Å². The van der Waals surface area contributed by atoms with Crippen molar-refractivity contribution in [3.05, 3.63) is 53.6 Å². The molecule has 0 aliphatic carbocycles. The summed E-state index contributed by atoms with van der Waals surface area (Å²) in [5.41, 5.74) is 3.23. The first-order valence-electron chi connectivity index (χ1n) is 8.69. The third-order valence-electron chi connectivity index (χ3n) is 4.44. The molecule has 0 saturated heterocycles. The summed E-state index contributed by atoms with van der Waals surface area (Å²) in [4.78, 5) is 13.9. The maximum atomic E-state index is 13.0. The van der Waals surface area contributed by atoms with Crippen LogP contribution in [0.15, 0.2) is 47.4 Å². The van der Waals surface area contributed by atoms with Gasteiger partial charge in [-0.25, -0.2) is 8.42 Å². The van der Waals surface area contributed by atoms with Gasteiger partial charge in [-0.3, -0.25) is 9.10 Å². The van der Waals surface area contributed by atoms with Crippen LogP contribution in [-0.4, -0.2) is 32.9 Å². The van der Waals surface area contributed by atoms with Crippen molar-refractivity contribution in [3.63, 3.8) is 0 Å². The van der Waals surface area contributed by atoms with Crippen molar-refractivity contribution >= 4 is 39.1 Å². The highest BCUT2D eigenvalue weighted by Gasteiger charge is 2.32. The van der Waals surface area contributed by atoms with Crippen LogP contribution in [0.3, 0.4) is 0 Å². The molecule has 0 bridgehead atoms. The predicted molar refractivity (Wildman–Crippen MR) is 114 cm³/mol. The first-order valence-corrected chi connectivity index (χ1v) is 11.8. The summed E-state index contributed by atoms with van der Waals surface area (Å²) in [6.45, 7) is 5.70. The molecule has 1 amide bonds. The zero-order valence-corrected chi connectivity index (χ0v) is 17.9. The summed E-state index contributed by atoms with van der Waals surface area (Å²) in [5, 5.41) is 2.89. The Balaban J connectivity index is 2.43. The van der Waals surface area contributed by atoms with E-state index in [4.69, 9.17) is 0 Å². The maximum Gasteiger partial charge on any atom is 0.248 e. The molecular formula is C20H26N2O3S2. The van der Waals surface area contributed by atoms with Crippen molar-refractivity contribution in [2.45, 2.75) is 38.1 Å². The predicted octanol–water partition coefficient (Wildman–Crippen LogP) is 4.21. The Labute approximate surface area is 166 Å². The van der Waals surface area contributed by atoms with Crippen LogP contribution in [0.1, 0.15) is 24.5 Å². The van der Waals surface area contributed by atoms with Crippen LogP contribution in [0.4, 0.5) is 11.4 Å². The second-order valence-electron chi connectivity index (χ2n) is 6.44. The molecule has 27 heavy (non-hydrogen) atoms. The van der Waals surface area contributed by atoms with Gasteiger partial charge in [0.25, 0.3) is 0 Å². The quantitative estimate of drug-likeness (QED) is 0.700. The molecule has 2 rings (SSSR count). The van der Waals surface area contributed by atoms with Gasteiger partial charge in [0.2, 0.25) is 15.9 Å². The van der Waals surface area contributed by atoms with E-state index in [0.29, 0.717) is 17.8 Å². The van der Waals surface area contributed by atoms with Gasteiger partial charge in [-0.05, 0) is 61.9 Å². The number of nitrogens with zero attached hydrogens (tertiary/aromatic N) is 1. The summed E-state index contributed by atoms with van der Waals surface area (Å²) in [5.74, 6) is -0.345. The number of aryl methyl sites for hydroxylation is 2. The molecule has 0 aliphatic rings. The van der Waals surface area contributed by atoms with E-state index >= 15 is 0 Å². The molecular weight excluding hydrogens is 380 g/mol. The molecule has 5 nitrogen and oxygen atoms in total. The van der Waals surface area contributed by atoms with Crippen molar-refractivity contribution < 1.29 is 13.2 Å². The number of rotatable bonds is 7. The number of benzene rings is 2. The van der Waals surface area contributed by atoms with Gasteiger partial charge in [0.15, 0.2) is 0 Å². The van der Waals surface area contributed by atoms with Crippen molar-refractivity contribution in [1.29, 1.82) is 0 Å². The highest BCUT2D eigenvalue weighted by Crippen LogP contribution is 2.28. The monoisotopic (exact) mass is 406 g/mol. The van der Waals surface area contributed by atoms with Crippen LogP contribution in [-0.2, 0) is 14.8 Å². The fraction of sp³-hybridized carbons (Fsp3) is 0.350. The third-order valence-corrected chi connectivity index (χ3v) is 6.42. The fourth-order valence-corrected chi connectivity index (χ4v) is 4.64. The van der Waals surface area contributed by atoms with Gasteiger partial charge in [0.05, 0.1) is 17.6 Å². The van der Waals surface area contributed by atoms with Gasteiger partial charge in [-0.1, -0.05) is 25.1 Å². The number of sulfonamides is 1. The SMILES string of the molecule is CC[C@H](C(=O)Nc1ccccc1SC)N(c1ccc(C)c(C)c1)S(C)(=O)=O. The van der Waals surface area contributed by atoms with E-state index < -0.39 is 16.1 Å². The Morgan fingerprint density at radius 2 is 1.81 bits per heavy atom. The van der Waals surface area contributed by atoms with E-state index in [9.17, 15) is 13.2 Å². The van der Waals surface area contributed by atoms with E-state index in [0.717, 1.165) is 22.3 Å². The van der Waals surface area contributed by atoms with Crippen LogP contribution >= 0.6 is 11.8 Å². The van der Waals surface area contributed by atoms with Crippen LogP contribution in [0, 0.1) is 13.8 Å². The molecule has 1 atom stereocenters. The van der Waals surface area contributed by atoms with Gasteiger partial charge < -0.3 is 5.32 Å². The molecule has 146 valence electrons. The summed E-state index contributed by atoms with van der Waals surface area (Å²) in [6.07, 6.45) is 3.42. The summed E-state index contributed by atoms with van der Waals surface area (Å²) < 4.78 is 26.3. The average molecular weight is 407 g/mol. The molecule has 0 spiro atoms. The van der Waals surface area contributed by atoms with Gasteiger partial charge in [0.1, 0.15) is 6.04 Å². The van der Waals surface area contributed by atoms with Gasteiger partial charge >= 0.3 is 0 Å². The van der Waals surface area contributed by atoms with Gasteiger partial charge in [0, 0.05) is 4.90 Å². The minimum atomic E-state index is -3.64. The highest BCUT2D eigenvalue weighted by atomic mass is 32.2. The van der Waals surface area contributed by atoms with E-state index in [-0.39, 0.29) is 5.91 Å². The summed E-state index contributed by atoms with van der Waals surface area (Å²) in [7, 11) is -3.64. The number of hydrogen-bond donors (Lipinski definition) is 1. The van der Waals surface area contributed by atoms with E-state index in [2.05, 4.69) is 5.32 Å². The van der Waals surface area contributed by atoms with Crippen LogP contribution in [0.25, 0.3) is 0 Å². The Hall–Kier alpha value is -1.99. The van der Waals surface area contributed by atoms with E-state index in [1.54, 1.807) is 6.07 Å². The second kappa shape index (κ2) is 8.80. The van der Waals surface area contributed by atoms with Crippen LogP contribution < -0.4 is 9.62 Å². The highest BCUT2D eigenvalue weighted by molar-refractivity contribution is 7.98. The lowest BCUT2D eigenvalue weighted by Gasteiger charge is -2.30. The normalized spacial score (nSPS) is 12.5. The molecule has 0 aromatic heterocycles. The summed E-state index contributed by atoms with van der Waals surface area (Å²) >= 11 is 1.52. The Morgan fingerprint density at radius 3 is 2.37 bits per heavy atom. The number of anilines is 2. The molecule has 0 saturated carbocycles. The number of carbonyl (C=O) groups is 1. The Morgan fingerprint density at radius 1 is 1.15 bits per heavy atom. The number of hydrogen-bond acceptors (Lipinski definition) is 4. The van der Waals surface area contributed by atoms with Crippen LogP contribution in [0.5, 0.6) is 0 Å². The molecule has 1 N–H and O–H groups in total. The molecule has 0 aliphatic heterocycles. The van der Waals surface area contributed by atoms with E-state index in [1.165, 1.54) is 16.1 Å². The second-order valence-corrected chi connectivity index (χ2v) is 9.15. The summed E-state index contributed by atoms with van der Waals surface area (Å²) in [6, 6.07) is 12.1. The molecule has 2 aromatic rings. The molecule has 0 unspecified atom stereocenters. The lowest BCUT2D eigenvalue weighted by Crippen LogP contribution is -2.47. The largest absolute Gasteiger partial charge is 0.323 e. The third kappa shape index (κ3) is 5.05. The van der Waals surface area contributed by atoms with Crippen molar-refractivity contribution in [3.8, 4) is 0 Å². The zero-order valence-electron chi connectivity index (χ0n) is 16.3. The van der Waals surface area contributed by atoms with Gasteiger partial charge in [-0.15, -0.1) is 11.8 Å². The minimum absolute atomic E-state index is 0.345. The molecule has 0 fully saturated rings. The number of para-hydroxylation sites is 1. The smallest absolute Gasteiger partial charge is 0.248 e. The molecule has 0 radical (unpaired) electrons. The first-order chi connectivity index (χ1) is 12.7. The first kappa shape index (κ1) is 21.3. The molecule has 7 heteroatoms. The number of amides is 1. The molecule has 0 heterocycles. The minimum Gasteiger partial charge on any atom is -0.323 e. The van der Waals surface area contributed by atoms with Crippen molar-refractivity contribution in [1.82, 2.24) is 0 Å². The molecule has 2 aromatic carbocycles. The van der Waals surface area contributed by atoms with Gasteiger partial charge in [-0.2, -0.15) is 0 Å². The number of thioether (sulfide) groups is 1. The topological polar surface area (TPSA) is 66.5 Å². The Bertz CT molecular complexity index is 927. The van der Waals surface area contributed by atoms with Crippen LogP contribution in [0.2, 0.25) is 0 Å². The lowest BCUT2D eigenvalue weighted by atomic mass is 10.1. The number of carbonyl (C=O) groups excluding carboxylic acids is 1. The number of nitrogens with one attached hydrogen (secondary N) is 1. The van der Waals surface area contributed by atoms with Crippen molar-refractivity contribution in [2.75, 3.05) is 22.1 Å². The standard InChI is InChI=1S/C20H26N2O3S2/c1-6-18(20(23)21-17-9-7-8-10-19(17)26-4)22(27(5,24)25)16-12-11-14(2)15(3)13-16/h7-13,18H,6H2,1-5H3,(H,21,23)/t18-/m1/s1. The van der Waals surface area contributed by atoms with Crippen molar-refractivity contribution in [2.24, 2.45) is 0 Å². The average Bonchev–Trinajstić information content (AvgIpc) is 2.61. The zero-order chi connectivity index (χ0) is 20.2. The maximum absolute atomic E-state index is 13.0. The Kier molecular flexibility index (Phi) is 6.95. The lowest BCUT2D eigenvalue weighted by molar-refractivity contribution is -0.117. The fourth-order valence-electron chi connectivity index (χ4n) is 2.89.